The van der Waals surface area contributed by atoms with Gasteiger partial charge >= 0.3 is 6.03 Å². The minimum Gasteiger partial charge on any atom is -0.381 e. The summed E-state index contributed by atoms with van der Waals surface area (Å²) in [7, 11) is 0. The molecular weight excluding hydrogens is 392 g/mol. The Morgan fingerprint density at radius 2 is 2.06 bits per heavy atom. The first kappa shape index (κ1) is 21.8. The molecule has 4 N–H and O–H groups in total. The molecule has 1 aromatic rings. The lowest BCUT2D eigenvalue weighted by atomic mass is 9.73. The molecule has 1 atom stereocenters. The van der Waals surface area contributed by atoms with Gasteiger partial charge in [0.1, 0.15) is 0 Å². The topological polar surface area (TPSA) is 95.2 Å². The normalized spacial score (nSPS) is 24.1. The smallest absolute Gasteiger partial charge is 0.318 e. The number of hydrogen-bond acceptors (Lipinski definition) is 6. The SMILES string of the molecule is C=C1CN(C(=O)NCc2ccccc2)C2(CC=NC(N(N)C3CCOCC3)N1)CCC2. The van der Waals surface area contributed by atoms with Crippen LogP contribution in [0.15, 0.2) is 47.6 Å². The van der Waals surface area contributed by atoms with E-state index in [-0.39, 0.29) is 23.9 Å². The highest BCUT2D eigenvalue weighted by atomic mass is 16.5. The zero-order valence-electron chi connectivity index (χ0n) is 18.1. The fraction of sp³-hybridized carbons (Fsp3) is 0.565. The number of carbonyl (C=O) groups excluding carboxylic acids is 1. The molecule has 1 spiro atoms. The fourth-order valence-electron chi connectivity index (χ4n) is 4.61. The lowest BCUT2D eigenvalue weighted by Gasteiger charge is -2.49. The van der Waals surface area contributed by atoms with Crippen LogP contribution in [0.2, 0.25) is 0 Å². The largest absolute Gasteiger partial charge is 0.381 e. The van der Waals surface area contributed by atoms with Gasteiger partial charge in [-0.3, -0.25) is 10.8 Å². The van der Waals surface area contributed by atoms with Gasteiger partial charge in [0.2, 0.25) is 0 Å². The fourth-order valence-corrected chi connectivity index (χ4v) is 4.61. The maximum absolute atomic E-state index is 13.2. The van der Waals surface area contributed by atoms with Gasteiger partial charge in [0, 0.05) is 44.1 Å². The van der Waals surface area contributed by atoms with Crippen molar-refractivity contribution in [2.24, 2.45) is 10.8 Å². The Kier molecular flexibility index (Phi) is 6.89. The highest BCUT2D eigenvalue weighted by Gasteiger charge is 2.45. The number of rotatable bonds is 4. The van der Waals surface area contributed by atoms with Crippen molar-refractivity contribution in [1.29, 1.82) is 0 Å². The summed E-state index contributed by atoms with van der Waals surface area (Å²) >= 11 is 0. The van der Waals surface area contributed by atoms with Gasteiger partial charge in [0.05, 0.1) is 12.1 Å². The second-order valence-electron chi connectivity index (χ2n) is 8.76. The Bertz CT molecular complexity index is 789. The average Bonchev–Trinajstić information content (AvgIpc) is 2.85. The van der Waals surface area contributed by atoms with Crippen LogP contribution in [-0.2, 0) is 11.3 Å². The van der Waals surface area contributed by atoms with E-state index in [1.165, 1.54) is 0 Å². The van der Waals surface area contributed by atoms with Crippen LogP contribution >= 0.6 is 0 Å². The molecule has 0 aromatic heterocycles. The summed E-state index contributed by atoms with van der Waals surface area (Å²) in [6, 6.07) is 10.1. The third-order valence-corrected chi connectivity index (χ3v) is 6.68. The van der Waals surface area contributed by atoms with Crippen LogP contribution in [0.25, 0.3) is 0 Å². The predicted molar refractivity (Wildman–Crippen MR) is 121 cm³/mol. The van der Waals surface area contributed by atoms with Crippen LogP contribution in [-0.4, -0.2) is 59.8 Å². The summed E-state index contributed by atoms with van der Waals surface area (Å²) in [5.74, 6) is 6.45. The number of nitrogens with two attached hydrogens (primary N) is 1. The number of ether oxygens (including phenoxy) is 1. The molecule has 1 aliphatic carbocycles. The molecule has 31 heavy (non-hydrogen) atoms. The molecule has 8 nitrogen and oxygen atoms in total. The molecule has 4 rings (SSSR count). The van der Waals surface area contributed by atoms with Crippen molar-refractivity contribution in [2.75, 3.05) is 19.8 Å². The number of carbonyl (C=O) groups is 1. The minimum atomic E-state index is -0.389. The van der Waals surface area contributed by atoms with Crippen molar-refractivity contribution in [3.05, 3.63) is 48.2 Å². The van der Waals surface area contributed by atoms with E-state index in [0.717, 1.165) is 49.8 Å². The summed E-state index contributed by atoms with van der Waals surface area (Å²) in [6.07, 6.45) is 7.10. The van der Waals surface area contributed by atoms with E-state index in [1.807, 2.05) is 41.4 Å². The first-order chi connectivity index (χ1) is 15.1. The number of aliphatic imine (C=N–C) groups is 1. The maximum atomic E-state index is 13.2. The van der Waals surface area contributed by atoms with Gasteiger partial charge < -0.3 is 20.3 Å². The Hall–Kier alpha value is -2.42. The molecule has 168 valence electrons. The maximum Gasteiger partial charge on any atom is 0.318 e. The Morgan fingerprint density at radius 1 is 1.32 bits per heavy atom. The van der Waals surface area contributed by atoms with Crippen molar-refractivity contribution in [2.45, 2.75) is 62.9 Å². The van der Waals surface area contributed by atoms with E-state index < -0.39 is 0 Å². The number of benzene rings is 1. The molecule has 2 amide bonds. The van der Waals surface area contributed by atoms with Crippen LogP contribution in [0.4, 0.5) is 4.79 Å². The van der Waals surface area contributed by atoms with Gasteiger partial charge in [-0.1, -0.05) is 36.9 Å². The van der Waals surface area contributed by atoms with Gasteiger partial charge in [-0.25, -0.2) is 9.80 Å². The average molecular weight is 427 g/mol. The third kappa shape index (κ3) is 5.08. The van der Waals surface area contributed by atoms with Crippen LogP contribution in [0.3, 0.4) is 0 Å². The highest BCUT2D eigenvalue weighted by molar-refractivity contribution is 5.76. The second-order valence-corrected chi connectivity index (χ2v) is 8.76. The van der Waals surface area contributed by atoms with Gasteiger partial charge in [-0.15, -0.1) is 0 Å². The molecule has 1 saturated heterocycles. The van der Waals surface area contributed by atoms with Crippen molar-refractivity contribution in [3.8, 4) is 0 Å². The van der Waals surface area contributed by atoms with Crippen molar-refractivity contribution in [1.82, 2.24) is 20.5 Å². The highest BCUT2D eigenvalue weighted by Crippen LogP contribution is 2.41. The number of hydrogen-bond donors (Lipinski definition) is 3. The van der Waals surface area contributed by atoms with Gasteiger partial charge in [-0.05, 0) is 37.7 Å². The molecule has 0 bridgehead atoms. The number of hydrazine groups is 1. The van der Waals surface area contributed by atoms with Crippen molar-refractivity contribution in [3.63, 3.8) is 0 Å². The molecule has 1 saturated carbocycles. The van der Waals surface area contributed by atoms with Crippen LogP contribution < -0.4 is 16.5 Å². The molecule has 8 heteroatoms. The zero-order valence-corrected chi connectivity index (χ0v) is 18.1. The van der Waals surface area contributed by atoms with Crippen LogP contribution in [0.5, 0.6) is 0 Å². The van der Waals surface area contributed by atoms with Crippen molar-refractivity contribution < 1.29 is 9.53 Å². The number of nitrogens with zero attached hydrogens (tertiary/aromatic N) is 3. The Balaban J connectivity index is 1.45. The standard InChI is InChI=1S/C23H34N6O2/c1-18-17-28(22(30)26-16-19-6-3-2-4-7-19)23(10-5-11-23)12-13-25-21(27-18)29(24)20-8-14-31-15-9-20/h2-4,6-7,13,20-21,27H,1,5,8-12,14-17,24H2,(H,26,30). The Labute approximate surface area is 184 Å². The van der Waals surface area contributed by atoms with E-state index in [1.54, 1.807) is 5.01 Å². The monoisotopic (exact) mass is 426 g/mol. The molecule has 0 radical (unpaired) electrons. The number of nitrogens with one attached hydrogen (secondary N) is 2. The zero-order chi connectivity index (χ0) is 21.7. The van der Waals surface area contributed by atoms with Gasteiger partial charge in [0.25, 0.3) is 0 Å². The van der Waals surface area contributed by atoms with E-state index >= 15 is 0 Å². The van der Waals surface area contributed by atoms with E-state index in [9.17, 15) is 4.79 Å². The number of amides is 2. The summed E-state index contributed by atoms with van der Waals surface area (Å²) in [5, 5.41) is 8.22. The van der Waals surface area contributed by atoms with Gasteiger partial charge in [0.15, 0.2) is 6.29 Å². The van der Waals surface area contributed by atoms with Gasteiger partial charge in [-0.2, -0.15) is 0 Å². The second kappa shape index (κ2) is 9.80. The molecule has 1 aromatic carbocycles. The lowest BCUT2D eigenvalue weighted by molar-refractivity contribution is 0.0124. The van der Waals surface area contributed by atoms with E-state index in [0.29, 0.717) is 26.3 Å². The molecule has 2 aliphatic heterocycles. The number of urea groups is 1. The van der Waals surface area contributed by atoms with E-state index in [2.05, 4.69) is 17.2 Å². The summed E-state index contributed by atoms with van der Waals surface area (Å²) in [5.41, 5.74) is 1.62. The van der Waals surface area contributed by atoms with Crippen LogP contribution in [0, 0.1) is 0 Å². The first-order valence-electron chi connectivity index (χ1n) is 11.2. The third-order valence-electron chi connectivity index (χ3n) is 6.68. The minimum absolute atomic E-state index is 0.0626. The summed E-state index contributed by atoms with van der Waals surface area (Å²) < 4.78 is 5.46. The van der Waals surface area contributed by atoms with Crippen LogP contribution in [0.1, 0.15) is 44.1 Å². The lowest BCUT2D eigenvalue weighted by Crippen LogP contribution is -2.60. The first-order valence-corrected chi connectivity index (χ1v) is 11.2. The molecule has 1 unspecified atom stereocenters. The van der Waals surface area contributed by atoms with E-state index in [4.69, 9.17) is 15.6 Å². The summed E-state index contributed by atoms with van der Waals surface area (Å²) in [4.78, 5) is 19.9. The quantitative estimate of drug-likeness (QED) is 0.507. The Morgan fingerprint density at radius 3 is 2.74 bits per heavy atom. The molecule has 2 fully saturated rings. The molecule has 3 aliphatic rings. The molecular formula is C23H34N6O2. The predicted octanol–water partition coefficient (Wildman–Crippen LogP) is 2.34. The molecule has 2 heterocycles. The summed E-state index contributed by atoms with van der Waals surface area (Å²) in [6.45, 7) is 6.57. The van der Waals surface area contributed by atoms with Crippen molar-refractivity contribution >= 4 is 12.2 Å².